The molecule has 0 bridgehead atoms. The first kappa shape index (κ1) is 12.2. The van der Waals surface area contributed by atoms with Crippen molar-refractivity contribution < 1.29 is 4.74 Å². The van der Waals surface area contributed by atoms with Gasteiger partial charge in [0, 0.05) is 18.4 Å². The van der Waals surface area contributed by atoms with Gasteiger partial charge in [0.25, 0.3) is 0 Å². The molecule has 1 aliphatic carbocycles. The van der Waals surface area contributed by atoms with Crippen molar-refractivity contribution in [1.82, 2.24) is 0 Å². The maximum atomic E-state index is 12.0. The molecule has 17 heavy (non-hydrogen) atoms. The molecule has 1 aromatic carbocycles. The molecule has 1 aliphatic rings. The van der Waals surface area contributed by atoms with Crippen LogP contribution in [0.25, 0.3) is 0 Å². The second-order valence-electron chi connectivity index (χ2n) is 4.88. The molecule has 0 saturated heterocycles. The maximum absolute atomic E-state index is 12.0. The van der Waals surface area contributed by atoms with Gasteiger partial charge in [-0.15, -0.1) is 0 Å². The summed E-state index contributed by atoms with van der Waals surface area (Å²) in [6.07, 6.45) is 8.58. The van der Waals surface area contributed by atoms with E-state index in [9.17, 15) is 5.21 Å². The van der Waals surface area contributed by atoms with Crippen LogP contribution < -0.4 is 0 Å². The van der Waals surface area contributed by atoms with Crippen molar-refractivity contribution in [2.24, 2.45) is 0 Å². The van der Waals surface area contributed by atoms with E-state index in [0.29, 0.717) is 0 Å². The first-order valence-electron chi connectivity index (χ1n) is 6.69. The third kappa shape index (κ3) is 3.32. The summed E-state index contributed by atoms with van der Waals surface area (Å²) >= 11 is 0. The number of nitrogens with zero attached hydrogens (tertiary/aromatic N) is 1. The van der Waals surface area contributed by atoms with Gasteiger partial charge in [-0.3, -0.25) is 0 Å². The lowest BCUT2D eigenvalue weighted by atomic mass is 9.96. The van der Waals surface area contributed by atoms with Gasteiger partial charge in [-0.05, 0) is 37.0 Å². The fraction of sp³-hybridized carbons (Fsp3) is 0.533. The molecule has 0 aromatic heterocycles. The summed E-state index contributed by atoms with van der Waals surface area (Å²) in [5.74, 6) is 0. The van der Waals surface area contributed by atoms with Gasteiger partial charge in [0.1, 0.15) is 0 Å². The minimum absolute atomic E-state index is 0.203. The zero-order chi connectivity index (χ0) is 12.1. The highest BCUT2D eigenvalue weighted by Gasteiger charge is 2.19. The maximum Gasteiger partial charge on any atom is 0.182 e. The Morgan fingerprint density at radius 1 is 1.18 bits per heavy atom. The summed E-state index contributed by atoms with van der Waals surface area (Å²) in [7, 11) is 0. The predicted octanol–water partition coefficient (Wildman–Crippen LogP) is 3.51. The second kappa shape index (κ2) is 5.85. The molecule has 0 radical (unpaired) electrons. The minimum atomic E-state index is 0.203. The number of hydrogen-bond donors (Lipinski definition) is 0. The quantitative estimate of drug-likeness (QED) is 0.338. The molecule has 2 rings (SSSR count). The van der Waals surface area contributed by atoms with Gasteiger partial charge in [0.05, 0.1) is 0 Å². The molecule has 0 spiro atoms. The van der Waals surface area contributed by atoms with E-state index in [0.717, 1.165) is 24.8 Å². The van der Waals surface area contributed by atoms with Crippen molar-refractivity contribution in [2.45, 2.75) is 51.5 Å². The van der Waals surface area contributed by atoms with Gasteiger partial charge in [-0.25, -0.2) is 4.74 Å². The van der Waals surface area contributed by atoms with Crippen molar-refractivity contribution >= 4 is 6.21 Å². The van der Waals surface area contributed by atoms with Crippen LogP contribution in [0.3, 0.4) is 0 Å². The Morgan fingerprint density at radius 2 is 1.82 bits per heavy atom. The predicted molar refractivity (Wildman–Crippen MR) is 71.5 cm³/mol. The SMILES string of the molecule is CCc1ccc(C=[N+]([O-])C2CCCCC2)cc1. The molecule has 2 nitrogen and oxygen atoms in total. The van der Waals surface area contributed by atoms with Gasteiger partial charge < -0.3 is 5.21 Å². The van der Waals surface area contributed by atoms with Crippen LogP contribution in [-0.2, 0) is 6.42 Å². The number of aryl methyl sites for hydroxylation is 1. The van der Waals surface area contributed by atoms with Gasteiger partial charge in [0.15, 0.2) is 12.3 Å². The third-order valence-corrected chi connectivity index (χ3v) is 3.60. The van der Waals surface area contributed by atoms with Crippen LogP contribution in [0.2, 0.25) is 0 Å². The summed E-state index contributed by atoms with van der Waals surface area (Å²) < 4.78 is 1.17. The van der Waals surface area contributed by atoms with Crippen LogP contribution in [0.4, 0.5) is 0 Å². The normalized spacial score (nSPS) is 18.3. The van der Waals surface area contributed by atoms with E-state index in [1.54, 1.807) is 6.21 Å². The van der Waals surface area contributed by atoms with E-state index in [1.807, 2.05) is 12.1 Å². The summed E-state index contributed by atoms with van der Waals surface area (Å²) in [5.41, 5.74) is 2.33. The van der Waals surface area contributed by atoms with E-state index in [1.165, 1.54) is 29.6 Å². The molecule has 0 aliphatic heterocycles. The molecule has 0 unspecified atom stereocenters. The number of rotatable bonds is 3. The molecular weight excluding hydrogens is 210 g/mol. The highest BCUT2D eigenvalue weighted by atomic mass is 16.5. The van der Waals surface area contributed by atoms with Crippen LogP contribution in [-0.4, -0.2) is 17.0 Å². The molecule has 2 heteroatoms. The van der Waals surface area contributed by atoms with Gasteiger partial charge in [-0.1, -0.05) is 25.5 Å². The largest absolute Gasteiger partial charge is 0.624 e. The van der Waals surface area contributed by atoms with E-state index >= 15 is 0 Å². The van der Waals surface area contributed by atoms with Crippen LogP contribution in [0.15, 0.2) is 24.3 Å². The number of hydroxylamine groups is 1. The number of benzene rings is 1. The molecule has 92 valence electrons. The summed E-state index contributed by atoms with van der Waals surface area (Å²) in [4.78, 5) is 0. The lowest BCUT2D eigenvalue weighted by Crippen LogP contribution is -2.25. The lowest BCUT2D eigenvalue weighted by Gasteiger charge is -2.20. The average Bonchev–Trinajstić information content (AvgIpc) is 2.40. The third-order valence-electron chi connectivity index (χ3n) is 3.60. The Bertz CT molecular complexity index is 374. The molecule has 0 N–H and O–H groups in total. The molecule has 0 heterocycles. The molecular formula is C15H21NO. The molecule has 0 amide bonds. The number of hydrogen-bond acceptors (Lipinski definition) is 1. The second-order valence-corrected chi connectivity index (χ2v) is 4.88. The Labute approximate surface area is 104 Å². The summed E-state index contributed by atoms with van der Waals surface area (Å²) in [6.45, 7) is 2.14. The summed E-state index contributed by atoms with van der Waals surface area (Å²) in [5, 5.41) is 12.0. The van der Waals surface area contributed by atoms with Crippen LogP contribution in [0.5, 0.6) is 0 Å². The molecule has 1 saturated carbocycles. The van der Waals surface area contributed by atoms with Crippen LogP contribution >= 0.6 is 0 Å². The van der Waals surface area contributed by atoms with Crippen LogP contribution in [0.1, 0.15) is 50.2 Å². The van der Waals surface area contributed by atoms with E-state index in [4.69, 9.17) is 0 Å². The highest BCUT2D eigenvalue weighted by molar-refractivity contribution is 5.75. The van der Waals surface area contributed by atoms with Crippen molar-refractivity contribution in [3.05, 3.63) is 40.6 Å². The molecule has 1 aromatic rings. The minimum Gasteiger partial charge on any atom is -0.624 e. The van der Waals surface area contributed by atoms with Crippen molar-refractivity contribution in [1.29, 1.82) is 0 Å². The van der Waals surface area contributed by atoms with Gasteiger partial charge in [0.2, 0.25) is 0 Å². The zero-order valence-electron chi connectivity index (χ0n) is 10.6. The highest BCUT2D eigenvalue weighted by Crippen LogP contribution is 2.19. The Kier molecular flexibility index (Phi) is 4.18. The Hall–Kier alpha value is -1.31. The van der Waals surface area contributed by atoms with Crippen molar-refractivity contribution in [2.75, 3.05) is 0 Å². The Morgan fingerprint density at radius 3 is 2.41 bits per heavy atom. The topological polar surface area (TPSA) is 26.1 Å². The zero-order valence-corrected chi connectivity index (χ0v) is 10.6. The van der Waals surface area contributed by atoms with Gasteiger partial charge >= 0.3 is 0 Å². The monoisotopic (exact) mass is 231 g/mol. The van der Waals surface area contributed by atoms with Crippen molar-refractivity contribution in [3.8, 4) is 0 Å². The lowest BCUT2D eigenvalue weighted by molar-refractivity contribution is -0.500. The fourth-order valence-electron chi connectivity index (χ4n) is 2.43. The molecule has 1 fully saturated rings. The smallest absolute Gasteiger partial charge is 0.182 e. The van der Waals surface area contributed by atoms with E-state index in [2.05, 4.69) is 19.1 Å². The first-order valence-corrected chi connectivity index (χ1v) is 6.69. The van der Waals surface area contributed by atoms with E-state index in [-0.39, 0.29) is 6.04 Å². The molecule has 0 atom stereocenters. The van der Waals surface area contributed by atoms with Crippen LogP contribution in [0, 0.1) is 5.21 Å². The van der Waals surface area contributed by atoms with Gasteiger partial charge in [-0.2, -0.15) is 0 Å². The standard InChI is InChI=1S/C15H21NO/c1-2-13-8-10-14(11-9-13)12-16(17)15-6-4-3-5-7-15/h8-12,15H,2-7H2,1H3. The summed E-state index contributed by atoms with van der Waals surface area (Å²) in [6, 6.07) is 8.47. The van der Waals surface area contributed by atoms with E-state index < -0.39 is 0 Å². The Balaban J connectivity index is 2.05. The van der Waals surface area contributed by atoms with Crippen molar-refractivity contribution in [3.63, 3.8) is 0 Å². The fourth-order valence-corrected chi connectivity index (χ4v) is 2.43. The average molecular weight is 231 g/mol. The first-order chi connectivity index (χ1) is 8.29.